The van der Waals surface area contributed by atoms with Crippen molar-refractivity contribution in [2.75, 3.05) is 4.90 Å². The van der Waals surface area contributed by atoms with Crippen molar-refractivity contribution in [3.8, 4) is 0 Å². The fourth-order valence-electron chi connectivity index (χ4n) is 2.73. The van der Waals surface area contributed by atoms with E-state index in [1.165, 1.54) is 24.3 Å². The number of amides is 2. The molecule has 0 radical (unpaired) electrons. The maximum Gasteiger partial charge on any atom is 0.261 e. The van der Waals surface area contributed by atoms with Crippen LogP contribution < -0.4 is 4.90 Å². The van der Waals surface area contributed by atoms with Crippen molar-refractivity contribution >= 4 is 37.2 Å². The number of carbonyl (C=O) groups is 2. The molecule has 1 aromatic carbocycles. The SMILES string of the molecule is O=C1C2=C(CCCC2)C(=O)N1c1ccc(S(=O)(=O)Cl)cc1. The van der Waals surface area contributed by atoms with Gasteiger partial charge in [0, 0.05) is 21.8 Å². The highest BCUT2D eigenvalue weighted by Gasteiger charge is 2.39. The Morgan fingerprint density at radius 2 is 1.38 bits per heavy atom. The van der Waals surface area contributed by atoms with Gasteiger partial charge in [-0.1, -0.05) is 0 Å². The van der Waals surface area contributed by atoms with Gasteiger partial charge in [0.2, 0.25) is 0 Å². The zero-order valence-electron chi connectivity index (χ0n) is 11.0. The average molecular weight is 326 g/mol. The van der Waals surface area contributed by atoms with Crippen LogP contribution in [-0.2, 0) is 18.6 Å². The predicted molar refractivity (Wildman–Crippen MR) is 77.5 cm³/mol. The lowest BCUT2D eigenvalue weighted by Crippen LogP contribution is -2.31. The summed E-state index contributed by atoms with van der Waals surface area (Å²) in [6.07, 6.45) is 3.08. The minimum absolute atomic E-state index is 0.0651. The normalized spacial score (nSPS) is 19.2. The number of rotatable bonds is 2. The monoisotopic (exact) mass is 325 g/mol. The molecule has 110 valence electrons. The first-order valence-electron chi connectivity index (χ1n) is 6.55. The summed E-state index contributed by atoms with van der Waals surface area (Å²) in [6, 6.07) is 5.41. The van der Waals surface area contributed by atoms with Gasteiger partial charge in [-0.05, 0) is 49.9 Å². The van der Waals surface area contributed by atoms with E-state index in [-0.39, 0.29) is 16.7 Å². The molecule has 0 N–H and O–H groups in total. The van der Waals surface area contributed by atoms with E-state index in [2.05, 4.69) is 0 Å². The Hall–Kier alpha value is -1.66. The Labute approximate surface area is 126 Å². The first kappa shape index (κ1) is 14.3. The summed E-state index contributed by atoms with van der Waals surface area (Å²) < 4.78 is 22.4. The van der Waals surface area contributed by atoms with Crippen molar-refractivity contribution in [2.45, 2.75) is 30.6 Å². The van der Waals surface area contributed by atoms with Crippen LogP contribution in [0.4, 0.5) is 5.69 Å². The van der Waals surface area contributed by atoms with E-state index < -0.39 is 9.05 Å². The molecule has 0 saturated heterocycles. The fraction of sp³-hybridized carbons (Fsp3) is 0.286. The van der Waals surface area contributed by atoms with Crippen LogP contribution in [0.15, 0.2) is 40.3 Å². The Balaban J connectivity index is 1.96. The first-order chi connectivity index (χ1) is 9.89. The van der Waals surface area contributed by atoms with E-state index >= 15 is 0 Å². The predicted octanol–water partition coefficient (Wildman–Crippen LogP) is 2.36. The second kappa shape index (κ2) is 4.96. The third-order valence-corrected chi connectivity index (χ3v) is 5.14. The van der Waals surface area contributed by atoms with Crippen molar-refractivity contribution in [1.29, 1.82) is 0 Å². The summed E-state index contributed by atoms with van der Waals surface area (Å²) in [6.45, 7) is 0. The molecule has 1 aromatic rings. The third-order valence-electron chi connectivity index (χ3n) is 3.77. The molecule has 0 unspecified atom stereocenters. The van der Waals surface area contributed by atoms with E-state index in [4.69, 9.17) is 10.7 Å². The molecule has 21 heavy (non-hydrogen) atoms. The highest BCUT2D eigenvalue weighted by atomic mass is 35.7. The molecule has 5 nitrogen and oxygen atoms in total. The smallest absolute Gasteiger partial charge is 0.261 e. The molecule has 1 aliphatic heterocycles. The minimum Gasteiger partial charge on any atom is -0.269 e. The third kappa shape index (κ3) is 2.38. The standard InChI is InChI=1S/C14H12ClNO4S/c15-21(19,20)10-7-5-9(6-8-10)16-13(17)11-3-1-2-4-12(11)14(16)18/h5-8H,1-4H2. The van der Waals surface area contributed by atoms with Crippen LogP contribution in [0.5, 0.6) is 0 Å². The summed E-state index contributed by atoms with van der Waals surface area (Å²) in [5.74, 6) is -0.590. The number of hydrogen-bond acceptors (Lipinski definition) is 4. The molecule has 0 aromatic heterocycles. The lowest BCUT2D eigenvalue weighted by molar-refractivity contribution is -0.120. The number of hydrogen-bond donors (Lipinski definition) is 0. The number of carbonyl (C=O) groups excluding carboxylic acids is 2. The molecule has 1 aliphatic carbocycles. The van der Waals surface area contributed by atoms with Gasteiger partial charge in [-0.15, -0.1) is 0 Å². The summed E-state index contributed by atoms with van der Waals surface area (Å²) in [5, 5.41) is 0. The van der Waals surface area contributed by atoms with E-state index in [1.54, 1.807) is 0 Å². The van der Waals surface area contributed by atoms with Gasteiger partial charge in [-0.3, -0.25) is 9.59 Å². The average Bonchev–Trinajstić information content (AvgIpc) is 2.71. The molecular formula is C14H12ClNO4S. The maximum absolute atomic E-state index is 12.3. The molecular weight excluding hydrogens is 314 g/mol. The van der Waals surface area contributed by atoms with Gasteiger partial charge >= 0.3 is 0 Å². The Morgan fingerprint density at radius 3 is 1.81 bits per heavy atom. The van der Waals surface area contributed by atoms with Crippen molar-refractivity contribution in [3.63, 3.8) is 0 Å². The van der Waals surface area contributed by atoms with Gasteiger partial charge in [-0.25, -0.2) is 13.3 Å². The Morgan fingerprint density at radius 1 is 0.905 bits per heavy atom. The van der Waals surface area contributed by atoms with Crippen LogP contribution in [0.25, 0.3) is 0 Å². The van der Waals surface area contributed by atoms with Crippen LogP contribution in [0, 0.1) is 0 Å². The highest BCUT2D eigenvalue weighted by molar-refractivity contribution is 8.13. The lowest BCUT2D eigenvalue weighted by atomic mass is 9.93. The second-order valence-corrected chi connectivity index (χ2v) is 7.61. The molecule has 0 fully saturated rings. The first-order valence-corrected chi connectivity index (χ1v) is 8.86. The summed E-state index contributed by atoms with van der Waals surface area (Å²) in [4.78, 5) is 25.7. The molecule has 0 atom stereocenters. The molecule has 2 aliphatic rings. The number of anilines is 1. The molecule has 7 heteroatoms. The van der Waals surface area contributed by atoms with Crippen LogP contribution in [0.2, 0.25) is 0 Å². The van der Waals surface area contributed by atoms with Crippen molar-refractivity contribution in [3.05, 3.63) is 35.4 Å². The highest BCUT2D eigenvalue weighted by Crippen LogP contribution is 2.35. The topological polar surface area (TPSA) is 71.5 Å². The molecule has 0 saturated carbocycles. The Kier molecular flexibility index (Phi) is 3.37. The van der Waals surface area contributed by atoms with E-state index in [0.717, 1.165) is 17.7 Å². The summed E-state index contributed by atoms with van der Waals surface area (Å²) >= 11 is 0. The number of imide groups is 1. The largest absolute Gasteiger partial charge is 0.269 e. The van der Waals surface area contributed by atoms with Crippen LogP contribution in [-0.4, -0.2) is 20.2 Å². The van der Waals surface area contributed by atoms with Crippen LogP contribution in [0.1, 0.15) is 25.7 Å². The molecule has 3 rings (SSSR count). The van der Waals surface area contributed by atoms with Crippen molar-refractivity contribution < 1.29 is 18.0 Å². The summed E-state index contributed by atoms with van der Waals surface area (Å²) in [5.41, 5.74) is 1.56. The van der Waals surface area contributed by atoms with Gasteiger partial charge in [0.05, 0.1) is 10.6 Å². The van der Waals surface area contributed by atoms with Gasteiger partial charge < -0.3 is 0 Å². The molecule has 0 bridgehead atoms. The van der Waals surface area contributed by atoms with Crippen molar-refractivity contribution in [1.82, 2.24) is 0 Å². The van der Waals surface area contributed by atoms with Gasteiger partial charge in [0.1, 0.15) is 0 Å². The van der Waals surface area contributed by atoms with Gasteiger partial charge in [-0.2, -0.15) is 0 Å². The molecule has 2 amide bonds. The maximum atomic E-state index is 12.3. The van der Waals surface area contributed by atoms with Gasteiger partial charge in [0.15, 0.2) is 0 Å². The fourth-order valence-corrected chi connectivity index (χ4v) is 3.50. The van der Waals surface area contributed by atoms with Crippen LogP contribution in [0.3, 0.4) is 0 Å². The Bertz CT molecular complexity index is 737. The quantitative estimate of drug-likeness (QED) is 0.618. The van der Waals surface area contributed by atoms with E-state index in [9.17, 15) is 18.0 Å². The van der Waals surface area contributed by atoms with Crippen LogP contribution >= 0.6 is 10.7 Å². The van der Waals surface area contributed by atoms with Crippen molar-refractivity contribution in [2.24, 2.45) is 0 Å². The molecule has 0 spiro atoms. The minimum atomic E-state index is -3.82. The summed E-state index contributed by atoms with van der Waals surface area (Å²) in [7, 11) is 1.43. The second-order valence-electron chi connectivity index (χ2n) is 5.04. The zero-order valence-corrected chi connectivity index (χ0v) is 12.6. The zero-order chi connectivity index (χ0) is 15.2. The number of nitrogens with zero attached hydrogens (tertiary/aromatic N) is 1. The lowest BCUT2D eigenvalue weighted by Gasteiger charge is -2.15. The number of halogens is 1. The van der Waals surface area contributed by atoms with Gasteiger partial charge in [0.25, 0.3) is 20.9 Å². The number of benzene rings is 1. The van der Waals surface area contributed by atoms with E-state index in [1.807, 2.05) is 0 Å². The molecule has 1 heterocycles. The van der Waals surface area contributed by atoms with E-state index in [0.29, 0.717) is 29.7 Å².